The number of thioether (sulfide) groups is 2. The van der Waals surface area contributed by atoms with Crippen molar-refractivity contribution >= 4 is 29.5 Å². The SMILES string of the molecule is CSC1(Cn2cnnc2SCC(=O)O)CCCCC1. The normalized spacial score (nSPS) is 18.4. The molecule has 7 heteroatoms. The summed E-state index contributed by atoms with van der Waals surface area (Å²) in [5, 5.41) is 17.4. The van der Waals surface area contributed by atoms with E-state index >= 15 is 0 Å². The molecule has 1 heterocycles. The number of aromatic nitrogens is 3. The third kappa shape index (κ3) is 3.89. The molecule has 19 heavy (non-hydrogen) atoms. The van der Waals surface area contributed by atoms with Crippen molar-refractivity contribution in [3.05, 3.63) is 6.33 Å². The Morgan fingerprint density at radius 3 is 2.84 bits per heavy atom. The summed E-state index contributed by atoms with van der Waals surface area (Å²) in [6.45, 7) is 0.878. The van der Waals surface area contributed by atoms with E-state index in [4.69, 9.17) is 5.11 Å². The summed E-state index contributed by atoms with van der Waals surface area (Å²) in [5.74, 6) is -0.790. The van der Waals surface area contributed by atoms with Crippen LogP contribution >= 0.6 is 23.5 Å². The Balaban J connectivity index is 2.05. The summed E-state index contributed by atoms with van der Waals surface area (Å²) < 4.78 is 2.27. The summed E-state index contributed by atoms with van der Waals surface area (Å²) in [4.78, 5) is 10.6. The van der Waals surface area contributed by atoms with E-state index in [2.05, 4.69) is 16.5 Å². The first-order valence-electron chi connectivity index (χ1n) is 6.43. The second kappa shape index (κ2) is 6.65. The molecular formula is C12H19N3O2S2. The van der Waals surface area contributed by atoms with Gasteiger partial charge in [0.05, 0.1) is 5.75 Å². The fraction of sp³-hybridized carbons (Fsp3) is 0.750. The number of rotatable bonds is 6. The minimum Gasteiger partial charge on any atom is -0.481 e. The summed E-state index contributed by atoms with van der Waals surface area (Å²) in [6.07, 6.45) is 10.2. The highest BCUT2D eigenvalue weighted by Gasteiger charge is 2.32. The Bertz CT molecular complexity index is 430. The van der Waals surface area contributed by atoms with Gasteiger partial charge in [-0.2, -0.15) is 11.8 Å². The first kappa shape index (κ1) is 14.7. The van der Waals surface area contributed by atoms with Crippen LogP contribution in [0, 0.1) is 0 Å². The lowest BCUT2D eigenvalue weighted by atomic mass is 9.88. The summed E-state index contributed by atoms with van der Waals surface area (Å²) in [6, 6.07) is 0. The minimum absolute atomic E-state index is 0.0327. The fourth-order valence-corrected chi connectivity index (χ4v) is 4.12. The highest BCUT2D eigenvalue weighted by atomic mass is 32.2. The molecule has 0 unspecified atom stereocenters. The Hall–Kier alpha value is -0.690. The van der Waals surface area contributed by atoms with Crippen LogP contribution in [0.2, 0.25) is 0 Å². The zero-order valence-electron chi connectivity index (χ0n) is 11.0. The topological polar surface area (TPSA) is 68.0 Å². The van der Waals surface area contributed by atoms with Crippen LogP contribution in [0.4, 0.5) is 0 Å². The molecule has 1 aliphatic rings. The molecule has 0 aliphatic heterocycles. The van der Waals surface area contributed by atoms with Crippen molar-refractivity contribution in [3.63, 3.8) is 0 Å². The van der Waals surface area contributed by atoms with Gasteiger partial charge in [-0.25, -0.2) is 0 Å². The van der Waals surface area contributed by atoms with Gasteiger partial charge in [0.15, 0.2) is 5.16 Å². The second-order valence-electron chi connectivity index (χ2n) is 4.87. The fourth-order valence-electron chi connectivity index (χ4n) is 2.52. The van der Waals surface area contributed by atoms with Gasteiger partial charge in [0.2, 0.25) is 0 Å². The molecule has 1 aromatic heterocycles. The molecule has 0 radical (unpaired) electrons. The van der Waals surface area contributed by atoms with Gasteiger partial charge in [-0.05, 0) is 19.1 Å². The van der Waals surface area contributed by atoms with Crippen molar-refractivity contribution < 1.29 is 9.90 Å². The van der Waals surface area contributed by atoms with Crippen LogP contribution in [0.3, 0.4) is 0 Å². The van der Waals surface area contributed by atoms with Crippen LogP contribution in [0.5, 0.6) is 0 Å². The van der Waals surface area contributed by atoms with E-state index < -0.39 is 5.97 Å². The number of aliphatic carboxylic acids is 1. The summed E-state index contributed by atoms with van der Waals surface area (Å²) in [5.41, 5.74) is 0. The number of nitrogens with zero attached hydrogens (tertiary/aromatic N) is 3. The number of carbonyl (C=O) groups is 1. The molecule has 2 rings (SSSR count). The van der Waals surface area contributed by atoms with Gasteiger partial charge in [0, 0.05) is 11.3 Å². The predicted molar refractivity (Wildman–Crippen MR) is 77.7 cm³/mol. The number of carboxylic acid groups (broad SMARTS) is 1. The van der Waals surface area contributed by atoms with Gasteiger partial charge < -0.3 is 9.67 Å². The lowest BCUT2D eigenvalue weighted by Gasteiger charge is -2.36. The van der Waals surface area contributed by atoms with Gasteiger partial charge in [-0.3, -0.25) is 4.79 Å². The quantitative estimate of drug-likeness (QED) is 0.814. The molecule has 0 amide bonds. The maximum atomic E-state index is 10.6. The van der Waals surface area contributed by atoms with Gasteiger partial charge in [0.25, 0.3) is 0 Å². The van der Waals surface area contributed by atoms with Crippen LogP contribution in [-0.2, 0) is 11.3 Å². The molecule has 106 valence electrons. The van der Waals surface area contributed by atoms with Crippen molar-refractivity contribution in [1.29, 1.82) is 0 Å². The maximum Gasteiger partial charge on any atom is 0.313 e. The summed E-state index contributed by atoms with van der Waals surface area (Å²) >= 11 is 3.16. The number of hydrogen-bond acceptors (Lipinski definition) is 5. The first-order chi connectivity index (χ1) is 9.15. The van der Waals surface area contributed by atoms with Crippen molar-refractivity contribution in [2.45, 2.75) is 48.6 Å². The average molecular weight is 301 g/mol. The van der Waals surface area contributed by atoms with Crippen LogP contribution in [-0.4, -0.2) is 42.6 Å². The van der Waals surface area contributed by atoms with E-state index in [0.717, 1.165) is 6.54 Å². The Morgan fingerprint density at radius 1 is 1.47 bits per heavy atom. The molecule has 0 bridgehead atoms. The van der Waals surface area contributed by atoms with E-state index in [0.29, 0.717) is 5.16 Å². The standard InChI is InChI=1S/C12H19N3O2S2/c1-18-12(5-3-2-4-6-12)8-15-9-13-14-11(15)19-7-10(16)17/h9H,2-8H2,1H3,(H,16,17). The molecule has 1 N–H and O–H groups in total. The second-order valence-corrected chi connectivity index (χ2v) is 7.09. The lowest BCUT2D eigenvalue weighted by Crippen LogP contribution is -2.33. The average Bonchev–Trinajstić information content (AvgIpc) is 2.84. The highest BCUT2D eigenvalue weighted by molar-refractivity contribution is 8.00. The molecule has 0 saturated heterocycles. The van der Waals surface area contributed by atoms with Crippen LogP contribution < -0.4 is 0 Å². The smallest absolute Gasteiger partial charge is 0.313 e. The molecule has 5 nitrogen and oxygen atoms in total. The maximum absolute atomic E-state index is 10.6. The molecule has 1 saturated carbocycles. The highest BCUT2D eigenvalue weighted by Crippen LogP contribution is 2.40. The monoisotopic (exact) mass is 301 g/mol. The van der Waals surface area contributed by atoms with Gasteiger partial charge in [0.1, 0.15) is 6.33 Å². The van der Waals surface area contributed by atoms with Crippen molar-refractivity contribution in [1.82, 2.24) is 14.8 Å². The molecular weight excluding hydrogens is 282 g/mol. The Labute approximate surface area is 121 Å². The third-order valence-electron chi connectivity index (χ3n) is 3.56. The van der Waals surface area contributed by atoms with E-state index in [1.807, 2.05) is 16.3 Å². The summed E-state index contributed by atoms with van der Waals surface area (Å²) in [7, 11) is 0. The van der Waals surface area contributed by atoms with Crippen molar-refractivity contribution in [2.75, 3.05) is 12.0 Å². The van der Waals surface area contributed by atoms with Gasteiger partial charge in [-0.1, -0.05) is 31.0 Å². The molecule has 1 fully saturated rings. The van der Waals surface area contributed by atoms with Crippen molar-refractivity contribution in [3.8, 4) is 0 Å². The van der Waals surface area contributed by atoms with E-state index in [9.17, 15) is 4.79 Å². The van der Waals surface area contributed by atoms with Crippen LogP contribution in [0.25, 0.3) is 0 Å². The molecule has 0 spiro atoms. The van der Waals surface area contributed by atoms with Crippen molar-refractivity contribution in [2.24, 2.45) is 0 Å². The molecule has 0 aromatic carbocycles. The van der Waals surface area contributed by atoms with Gasteiger partial charge in [-0.15, -0.1) is 10.2 Å². The van der Waals surface area contributed by atoms with E-state index in [1.165, 1.54) is 43.9 Å². The van der Waals surface area contributed by atoms with Gasteiger partial charge >= 0.3 is 5.97 Å². The zero-order chi connectivity index (χ0) is 13.7. The lowest BCUT2D eigenvalue weighted by molar-refractivity contribution is -0.133. The van der Waals surface area contributed by atoms with Crippen LogP contribution in [0.15, 0.2) is 11.5 Å². The van der Waals surface area contributed by atoms with Crippen LogP contribution in [0.1, 0.15) is 32.1 Å². The minimum atomic E-state index is -0.822. The number of carboxylic acids is 1. The van der Waals surface area contributed by atoms with E-state index in [1.54, 1.807) is 6.33 Å². The predicted octanol–water partition coefficient (Wildman–Crippen LogP) is 2.52. The zero-order valence-corrected chi connectivity index (χ0v) is 12.7. The van der Waals surface area contributed by atoms with E-state index in [-0.39, 0.29) is 10.5 Å². The molecule has 1 aliphatic carbocycles. The Kier molecular flexibility index (Phi) is 5.15. The Morgan fingerprint density at radius 2 is 2.21 bits per heavy atom. The number of hydrogen-bond donors (Lipinski definition) is 1. The largest absolute Gasteiger partial charge is 0.481 e. The molecule has 1 aromatic rings. The molecule has 0 atom stereocenters. The third-order valence-corrected chi connectivity index (χ3v) is 5.93. The first-order valence-corrected chi connectivity index (χ1v) is 8.64.